The van der Waals surface area contributed by atoms with E-state index >= 15 is 0 Å². The van der Waals surface area contributed by atoms with Crippen LogP contribution in [0.3, 0.4) is 0 Å². The number of rotatable bonds is 3. The van der Waals surface area contributed by atoms with E-state index in [2.05, 4.69) is 0 Å². The Kier molecular flexibility index (Phi) is 3.73. The zero-order valence-electron chi connectivity index (χ0n) is 14.2. The Hall–Kier alpha value is -2.59. The first-order valence-electron chi connectivity index (χ1n) is 7.79. The van der Waals surface area contributed by atoms with Crippen LogP contribution in [0.4, 0.5) is 0 Å². The largest absolute Gasteiger partial charge is 0.297 e. The van der Waals surface area contributed by atoms with Gasteiger partial charge in [-0.1, -0.05) is 30.3 Å². The lowest BCUT2D eigenvalue weighted by Crippen LogP contribution is -2.45. The molecule has 24 heavy (non-hydrogen) atoms. The molecule has 0 amide bonds. The van der Waals surface area contributed by atoms with Gasteiger partial charge in [0.1, 0.15) is 0 Å². The van der Waals surface area contributed by atoms with Gasteiger partial charge in [-0.05, 0) is 56.4 Å². The summed E-state index contributed by atoms with van der Waals surface area (Å²) in [6.07, 6.45) is 2.94. The molecule has 0 saturated carbocycles. The standard InChI is InChI=1S/C20H19NO3/c1-20(2,21(3)4)19(24)14-8-6-12-5-7-13-9-10-16(22)18(23)17(13)15(12)11-14/h5-11H,1-4H3. The lowest BCUT2D eigenvalue weighted by molar-refractivity contribution is -0.110. The second-order valence-corrected chi connectivity index (χ2v) is 6.77. The summed E-state index contributed by atoms with van der Waals surface area (Å²) in [4.78, 5) is 38.8. The molecule has 0 spiro atoms. The maximum absolute atomic E-state index is 12.9. The van der Waals surface area contributed by atoms with Crippen molar-refractivity contribution in [3.05, 3.63) is 53.1 Å². The van der Waals surface area contributed by atoms with Crippen molar-refractivity contribution < 1.29 is 14.4 Å². The van der Waals surface area contributed by atoms with Gasteiger partial charge in [0.15, 0.2) is 5.78 Å². The number of likely N-dealkylation sites (N-methyl/N-ethyl adjacent to an activating group) is 1. The Balaban J connectivity index is 2.22. The van der Waals surface area contributed by atoms with Gasteiger partial charge in [0.2, 0.25) is 11.6 Å². The molecule has 0 fully saturated rings. The van der Waals surface area contributed by atoms with Crippen molar-refractivity contribution in [2.24, 2.45) is 0 Å². The van der Waals surface area contributed by atoms with E-state index < -0.39 is 17.1 Å². The average Bonchev–Trinajstić information content (AvgIpc) is 2.56. The van der Waals surface area contributed by atoms with Gasteiger partial charge < -0.3 is 0 Å². The van der Waals surface area contributed by atoms with Crippen LogP contribution in [0.15, 0.2) is 36.4 Å². The molecule has 0 atom stereocenters. The molecule has 0 saturated heterocycles. The first-order valence-corrected chi connectivity index (χ1v) is 7.79. The van der Waals surface area contributed by atoms with Crippen LogP contribution in [0.25, 0.3) is 16.8 Å². The highest BCUT2D eigenvalue weighted by Crippen LogP contribution is 2.29. The van der Waals surface area contributed by atoms with Gasteiger partial charge in [-0.25, -0.2) is 0 Å². The Bertz CT molecular complexity index is 920. The molecule has 0 aliphatic heterocycles. The molecular formula is C20H19NO3. The minimum Gasteiger partial charge on any atom is -0.297 e. The molecule has 2 aromatic rings. The molecule has 4 heteroatoms. The molecule has 1 aliphatic rings. The third-order valence-corrected chi connectivity index (χ3v) is 4.85. The number of carbonyl (C=O) groups is 3. The number of hydrogen-bond donors (Lipinski definition) is 0. The van der Waals surface area contributed by atoms with Crippen molar-refractivity contribution in [3.8, 4) is 0 Å². The molecule has 122 valence electrons. The maximum Gasteiger partial charge on any atom is 0.234 e. The predicted octanol–water partition coefficient (Wildman–Crippen LogP) is 3.14. The van der Waals surface area contributed by atoms with Crippen molar-refractivity contribution in [2.45, 2.75) is 19.4 Å². The molecule has 0 bridgehead atoms. The summed E-state index contributed by atoms with van der Waals surface area (Å²) in [7, 11) is 3.71. The summed E-state index contributed by atoms with van der Waals surface area (Å²) in [5.41, 5.74) is 0.965. The van der Waals surface area contributed by atoms with Crippen molar-refractivity contribution in [3.63, 3.8) is 0 Å². The van der Waals surface area contributed by atoms with Crippen LogP contribution in [0, 0.1) is 0 Å². The van der Waals surface area contributed by atoms with Gasteiger partial charge in [-0.15, -0.1) is 0 Å². The fourth-order valence-corrected chi connectivity index (χ4v) is 2.79. The number of carbonyl (C=O) groups excluding carboxylic acids is 3. The molecule has 0 unspecified atom stereocenters. The molecular weight excluding hydrogens is 302 g/mol. The van der Waals surface area contributed by atoms with Crippen LogP contribution in [-0.2, 0) is 4.79 Å². The van der Waals surface area contributed by atoms with E-state index in [1.165, 1.54) is 6.08 Å². The summed E-state index contributed by atoms with van der Waals surface area (Å²) in [5, 5.41) is 1.49. The molecule has 0 aromatic heterocycles. The van der Waals surface area contributed by atoms with Gasteiger partial charge in [-0.2, -0.15) is 0 Å². The Labute approximate surface area is 140 Å². The molecule has 3 rings (SSSR count). The van der Waals surface area contributed by atoms with Gasteiger partial charge in [0.05, 0.1) is 5.54 Å². The van der Waals surface area contributed by atoms with Crippen LogP contribution in [-0.4, -0.2) is 41.9 Å². The van der Waals surface area contributed by atoms with Gasteiger partial charge in [0.25, 0.3) is 0 Å². The summed E-state index contributed by atoms with van der Waals surface area (Å²) < 4.78 is 0. The van der Waals surface area contributed by atoms with E-state index in [0.717, 1.165) is 5.39 Å². The SMILES string of the molecule is CN(C)C(C)(C)C(=O)c1ccc2ccc3c(c2c1)C(=O)C(=O)C=C3. The number of nitrogens with zero attached hydrogens (tertiary/aromatic N) is 1. The zero-order chi connectivity index (χ0) is 17.6. The zero-order valence-corrected chi connectivity index (χ0v) is 14.2. The van der Waals surface area contributed by atoms with Crippen LogP contribution in [0.5, 0.6) is 0 Å². The van der Waals surface area contributed by atoms with Crippen molar-refractivity contribution >= 4 is 34.2 Å². The highest BCUT2D eigenvalue weighted by molar-refractivity contribution is 6.51. The fourth-order valence-electron chi connectivity index (χ4n) is 2.79. The van der Waals surface area contributed by atoms with Gasteiger partial charge in [-0.3, -0.25) is 19.3 Å². The second kappa shape index (κ2) is 5.49. The van der Waals surface area contributed by atoms with E-state index in [0.29, 0.717) is 22.1 Å². The Morgan fingerprint density at radius 2 is 1.67 bits per heavy atom. The average molecular weight is 321 g/mol. The number of hydrogen-bond acceptors (Lipinski definition) is 4. The predicted molar refractivity (Wildman–Crippen MR) is 94.4 cm³/mol. The summed E-state index contributed by atoms with van der Waals surface area (Å²) >= 11 is 0. The number of Topliss-reactive ketones (excluding diaryl/α,β-unsaturated/α-hetero) is 2. The smallest absolute Gasteiger partial charge is 0.234 e. The van der Waals surface area contributed by atoms with Crippen LogP contribution < -0.4 is 0 Å². The second-order valence-electron chi connectivity index (χ2n) is 6.77. The molecule has 2 aromatic carbocycles. The first-order chi connectivity index (χ1) is 11.2. The Morgan fingerprint density at radius 3 is 2.33 bits per heavy atom. The summed E-state index contributed by atoms with van der Waals surface area (Å²) in [5.74, 6) is -1.08. The Morgan fingerprint density at radius 1 is 1.00 bits per heavy atom. The third kappa shape index (κ3) is 2.39. The van der Waals surface area contributed by atoms with Crippen molar-refractivity contribution in [2.75, 3.05) is 14.1 Å². The maximum atomic E-state index is 12.9. The first kappa shape index (κ1) is 16.3. The monoisotopic (exact) mass is 321 g/mol. The summed E-state index contributed by atoms with van der Waals surface area (Å²) in [6.45, 7) is 3.72. The van der Waals surface area contributed by atoms with Crippen molar-refractivity contribution in [1.82, 2.24) is 4.90 Å². The molecule has 0 N–H and O–H groups in total. The highest BCUT2D eigenvalue weighted by Gasteiger charge is 2.31. The normalized spacial score (nSPS) is 14.4. The lowest BCUT2D eigenvalue weighted by atomic mass is 9.87. The molecule has 4 nitrogen and oxygen atoms in total. The van der Waals surface area contributed by atoms with Gasteiger partial charge >= 0.3 is 0 Å². The minimum atomic E-state index is -0.664. The van der Waals surface area contributed by atoms with Crippen molar-refractivity contribution in [1.29, 1.82) is 0 Å². The number of allylic oxidation sites excluding steroid dienone is 1. The van der Waals surface area contributed by atoms with Crippen LogP contribution in [0.2, 0.25) is 0 Å². The van der Waals surface area contributed by atoms with E-state index in [9.17, 15) is 14.4 Å². The van der Waals surface area contributed by atoms with Crippen LogP contribution in [0.1, 0.15) is 40.1 Å². The van der Waals surface area contributed by atoms with E-state index in [4.69, 9.17) is 0 Å². The van der Waals surface area contributed by atoms with E-state index in [-0.39, 0.29) is 5.78 Å². The topological polar surface area (TPSA) is 54.5 Å². The number of fused-ring (bicyclic) bond motifs is 3. The third-order valence-electron chi connectivity index (χ3n) is 4.85. The minimum absolute atomic E-state index is 0.0304. The molecule has 0 radical (unpaired) electrons. The summed E-state index contributed by atoms with van der Waals surface area (Å²) in [6, 6.07) is 9.04. The highest BCUT2D eigenvalue weighted by atomic mass is 16.2. The van der Waals surface area contributed by atoms with E-state index in [1.807, 2.05) is 51.0 Å². The van der Waals surface area contributed by atoms with Gasteiger partial charge in [0, 0.05) is 11.1 Å². The molecule has 1 aliphatic carbocycles. The van der Waals surface area contributed by atoms with E-state index in [1.54, 1.807) is 18.2 Å². The lowest BCUT2D eigenvalue weighted by Gasteiger charge is -2.31. The quantitative estimate of drug-likeness (QED) is 0.644. The fraction of sp³-hybridized carbons (Fsp3) is 0.250. The number of benzene rings is 2. The number of ketones is 3. The molecule has 0 heterocycles. The van der Waals surface area contributed by atoms with Crippen LogP contribution >= 0.6 is 0 Å².